The summed E-state index contributed by atoms with van der Waals surface area (Å²) in [5, 5.41) is 2.95. The van der Waals surface area contributed by atoms with Crippen molar-refractivity contribution in [2.45, 2.75) is 31.3 Å². The number of ketones is 1. The molecule has 1 heterocycles. The van der Waals surface area contributed by atoms with Crippen molar-refractivity contribution in [3.63, 3.8) is 0 Å². The normalized spacial score (nSPS) is 36.0. The number of aldehydes is 1. The fraction of sp³-hybridized carbons (Fsp3) is 0.750. The third-order valence-corrected chi connectivity index (χ3v) is 2.22. The second kappa shape index (κ2) is 3.33. The van der Waals surface area contributed by atoms with Crippen LogP contribution in [0.5, 0.6) is 0 Å². The van der Waals surface area contributed by atoms with E-state index in [1.54, 1.807) is 0 Å². The first-order chi connectivity index (χ1) is 5.55. The van der Waals surface area contributed by atoms with Crippen LogP contribution in [0.2, 0.25) is 0 Å². The fourth-order valence-electron chi connectivity index (χ4n) is 1.35. The minimum absolute atomic E-state index is 0.236. The van der Waals surface area contributed by atoms with Gasteiger partial charge in [-0.25, -0.2) is 0 Å². The number of Topliss-reactive ketones (excluding diaryl/α,β-unsaturated/α-hetero) is 1. The maximum absolute atomic E-state index is 10.9. The largest absolute Gasteiger partial charge is 0.324 e. The zero-order valence-electron chi connectivity index (χ0n) is 7.17. The van der Waals surface area contributed by atoms with Crippen LogP contribution in [0.4, 0.5) is 0 Å². The molecular weight excluding hydrogens is 156 g/mol. The predicted molar refractivity (Wildman–Crippen MR) is 44.7 cm³/mol. The van der Waals surface area contributed by atoms with Gasteiger partial charge in [0.1, 0.15) is 0 Å². The van der Waals surface area contributed by atoms with Crippen molar-refractivity contribution in [3.8, 4) is 0 Å². The molecule has 1 saturated heterocycles. The Labute approximate surface area is 71.5 Å². The third-order valence-electron chi connectivity index (χ3n) is 2.22. The smallest absolute Gasteiger partial charge is 0.212 e. The maximum atomic E-state index is 10.9. The number of carbonyl (C=O) groups is 2. The number of rotatable bonds is 2. The van der Waals surface area contributed by atoms with Crippen LogP contribution >= 0.6 is 0 Å². The Bertz CT molecular complexity index is 191. The first kappa shape index (κ1) is 9.35. The van der Waals surface area contributed by atoms with Gasteiger partial charge in [-0.2, -0.15) is 0 Å². The highest BCUT2D eigenvalue weighted by Gasteiger charge is 2.29. The van der Waals surface area contributed by atoms with Crippen LogP contribution in [0.15, 0.2) is 0 Å². The molecule has 0 aromatic heterocycles. The summed E-state index contributed by atoms with van der Waals surface area (Å²) < 4.78 is 0. The molecule has 68 valence electrons. The molecule has 1 rings (SSSR count). The summed E-state index contributed by atoms with van der Waals surface area (Å²) in [6.07, 6.45) is 1.81. The van der Waals surface area contributed by atoms with Gasteiger partial charge in [0.15, 0.2) is 6.29 Å². The second-order valence-electron chi connectivity index (χ2n) is 3.65. The molecule has 1 fully saturated rings. The Morgan fingerprint density at radius 3 is 2.83 bits per heavy atom. The first-order valence-electron chi connectivity index (χ1n) is 4.06. The van der Waals surface area contributed by atoms with E-state index in [2.05, 4.69) is 5.32 Å². The van der Waals surface area contributed by atoms with Crippen LogP contribution in [-0.4, -0.2) is 30.2 Å². The number of carbonyl (C=O) groups excluding carboxylic acids is 2. The number of nitrogens with one attached hydrogen (secondary N) is 1. The topological polar surface area (TPSA) is 72.2 Å². The van der Waals surface area contributed by atoms with Gasteiger partial charge in [-0.05, 0) is 19.8 Å². The monoisotopic (exact) mass is 170 g/mol. The first-order valence-corrected chi connectivity index (χ1v) is 4.06. The molecule has 0 saturated carbocycles. The predicted octanol–water partition coefficient (Wildman–Crippen LogP) is -0.776. The van der Waals surface area contributed by atoms with Crippen molar-refractivity contribution >= 4 is 12.1 Å². The summed E-state index contributed by atoms with van der Waals surface area (Å²) in [4.78, 5) is 21.1. The maximum Gasteiger partial charge on any atom is 0.212 e. The third kappa shape index (κ3) is 2.12. The van der Waals surface area contributed by atoms with Crippen molar-refractivity contribution < 1.29 is 9.59 Å². The van der Waals surface area contributed by atoms with E-state index in [1.807, 2.05) is 6.92 Å². The van der Waals surface area contributed by atoms with Crippen molar-refractivity contribution in [1.82, 2.24) is 5.32 Å². The van der Waals surface area contributed by atoms with Crippen LogP contribution in [0.25, 0.3) is 0 Å². The van der Waals surface area contributed by atoms with E-state index in [4.69, 9.17) is 5.73 Å². The molecule has 12 heavy (non-hydrogen) atoms. The summed E-state index contributed by atoms with van der Waals surface area (Å²) >= 11 is 0. The minimum atomic E-state index is -0.370. The van der Waals surface area contributed by atoms with Crippen LogP contribution in [0.3, 0.4) is 0 Å². The summed E-state index contributed by atoms with van der Waals surface area (Å²) in [6, 6.07) is -0.306. The Hall–Kier alpha value is -0.740. The lowest BCUT2D eigenvalue weighted by molar-refractivity contribution is -0.131. The van der Waals surface area contributed by atoms with Crippen molar-refractivity contribution in [3.05, 3.63) is 0 Å². The Balaban J connectivity index is 2.46. The van der Waals surface area contributed by atoms with Gasteiger partial charge in [-0.1, -0.05) is 0 Å². The van der Waals surface area contributed by atoms with E-state index < -0.39 is 0 Å². The van der Waals surface area contributed by atoms with E-state index in [0.717, 1.165) is 6.42 Å². The van der Waals surface area contributed by atoms with Crippen LogP contribution in [0.1, 0.15) is 19.8 Å². The van der Waals surface area contributed by atoms with Crippen LogP contribution in [0, 0.1) is 0 Å². The summed E-state index contributed by atoms with van der Waals surface area (Å²) in [5.74, 6) is -0.370. The van der Waals surface area contributed by atoms with Gasteiger partial charge in [0.25, 0.3) is 0 Å². The Kier molecular flexibility index (Phi) is 2.59. The molecule has 0 aliphatic carbocycles. The molecule has 2 atom stereocenters. The fourth-order valence-corrected chi connectivity index (χ4v) is 1.35. The molecule has 0 bridgehead atoms. The lowest BCUT2D eigenvalue weighted by Gasteiger charge is -2.33. The van der Waals surface area contributed by atoms with Crippen molar-refractivity contribution in [1.29, 1.82) is 0 Å². The Morgan fingerprint density at radius 2 is 2.42 bits per heavy atom. The van der Waals surface area contributed by atoms with Crippen molar-refractivity contribution in [2.75, 3.05) is 6.54 Å². The lowest BCUT2D eigenvalue weighted by atomic mass is 9.89. The molecule has 4 heteroatoms. The molecule has 1 aliphatic rings. The highest BCUT2D eigenvalue weighted by Crippen LogP contribution is 2.15. The average Bonchev–Trinajstić information content (AvgIpc) is 2.03. The quantitative estimate of drug-likeness (QED) is 0.421. The molecule has 1 aliphatic heterocycles. The molecular formula is C8H14N2O2. The average molecular weight is 170 g/mol. The summed E-state index contributed by atoms with van der Waals surface area (Å²) in [7, 11) is 0. The van der Waals surface area contributed by atoms with Gasteiger partial charge in [0.2, 0.25) is 5.78 Å². The van der Waals surface area contributed by atoms with E-state index in [9.17, 15) is 9.59 Å². The summed E-state index contributed by atoms with van der Waals surface area (Å²) in [6.45, 7) is 2.53. The molecule has 1 unspecified atom stereocenters. The molecule has 0 radical (unpaired) electrons. The zero-order chi connectivity index (χ0) is 9.19. The minimum Gasteiger partial charge on any atom is -0.324 e. The number of hydrogen-bond donors (Lipinski definition) is 2. The van der Waals surface area contributed by atoms with Crippen LogP contribution in [-0.2, 0) is 9.59 Å². The van der Waals surface area contributed by atoms with Gasteiger partial charge in [0.05, 0.1) is 6.04 Å². The van der Waals surface area contributed by atoms with Gasteiger partial charge in [-0.15, -0.1) is 0 Å². The number of nitrogens with two attached hydrogens (primary N) is 1. The Morgan fingerprint density at radius 1 is 1.75 bits per heavy atom. The second-order valence-corrected chi connectivity index (χ2v) is 3.65. The zero-order valence-corrected chi connectivity index (χ0v) is 7.17. The van der Waals surface area contributed by atoms with Crippen LogP contribution < -0.4 is 11.1 Å². The van der Waals surface area contributed by atoms with Gasteiger partial charge in [-0.3, -0.25) is 9.59 Å². The highest BCUT2D eigenvalue weighted by atomic mass is 16.2. The SMILES string of the molecule is C[C@]1(N)CCC(C(=O)C=O)NC1. The number of piperidine rings is 1. The number of hydrogen-bond acceptors (Lipinski definition) is 4. The molecule has 0 amide bonds. The standard InChI is InChI=1S/C8H14N2O2/c1-8(9)3-2-6(10-5-8)7(12)4-11/h4,6,10H,2-3,5,9H2,1H3/t6?,8-/m0/s1. The molecule has 0 aromatic rings. The highest BCUT2D eigenvalue weighted by molar-refractivity contribution is 6.27. The van der Waals surface area contributed by atoms with E-state index in [-0.39, 0.29) is 17.4 Å². The molecule has 4 nitrogen and oxygen atoms in total. The van der Waals surface area contributed by atoms with Gasteiger partial charge >= 0.3 is 0 Å². The van der Waals surface area contributed by atoms with Gasteiger partial charge < -0.3 is 11.1 Å². The van der Waals surface area contributed by atoms with E-state index in [1.165, 1.54) is 0 Å². The van der Waals surface area contributed by atoms with Crippen molar-refractivity contribution in [2.24, 2.45) is 5.73 Å². The molecule has 3 N–H and O–H groups in total. The summed E-state index contributed by atoms with van der Waals surface area (Å²) in [5.41, 5.74) is 5.58. The molecule has 0 spiro atoms. The van der Waals surface area contributed by atoms with E-state index >= 15 is 0 Å². The molecule has 0 aromatic carbocycles. The van der Waals surface area contributed by atoms with Gasteiger partial charge in [0, 0.05) is 12.1 Å². The lowest BCUT2D eigenvalue weighted by Crippen LogP contribution is -2.56. The van der Waals surface area contributed by atoms with E-state index in [0.29, 0.717) is 19.3 Å².